The second-order valence-electron chi connectivity index (χ2n) is 7.68. The minimum Gasteiger partial charge on any atom is -0.490 e. The predicted molar refractivity (Wildman–Crippen MR) is 102 cm³/mol. The van der Waals surface area contributed by atoms with Crippen molar-refractivity contribution in [3.8, 4) is 5.75 Å². The molecule has 1 saturated carbocycles. The van der Waals surface area contributed by atoms with E-state index in [-0.39, 0.29) is 17.8 Å². The molecule has 1 aromatic carbocycles. The standard InChI is InChI=1S/C22H30O4/c1-2-3-4-5-18(23)11-8-15-10-13-20-19(15)12-9-16-6-7-17(22(24)25)14-21(16)26-20/h6-8,11,14-15,18-20,23H,2-5,9-10,12-13H2,1H3,(H,24,25)/b11-8+/t15-,18-,19+,20-/m0/s1. The van der Waals surface area contributed by atoms with Crippen LogP contribution in [0.1, 0.15) is 67.8 Å². The molecule has 4 heteroatoms. The van der Waals surface area contributed by atoms with Gasteiger partial charge in [-0.25, -0.2) is 4.79 Å². The summed E-state index contributed by atoms with van der Waals surface area (Å²) in [6, 6.07) is 5.22. The second-order valence-corrected chi connectivity index (χ2v) is 7.68. The first-order valence-electron chi connectivity index (χ1n) is 9.97. The Morgan fingerprint density at radius 2 is 2.15 bits per heavy atom. The van der Waals surface area contributed by atoms with Crippen molar-refractivity contribution < 1.29 is 19.7 Å². The average Bonchev–Trinajstić information content (AvgIpc) is 2.90. The van der Waals surface area contributed by atoms with Crippen LogP contribution in [0.25, 0.3) is 0 Å². The van der Waals surface area contributed by atoms with Gasteiger partial charge in [-0.05, 0) is 55.7 Å². The fourth-order valence-corrected chi connectivity index (χ4v) is 4.31. The lowest BCUT2D eigenvalue weighted by atomic mass is 9.88. The van der Waals surface area contributed by atoms with Gasteiger partial charge in [0.05, 0.1) is 11.7 Å². The molecule has 1 aliphatic carbocycles. The van der Waals surface area contributed by atoms with E-state index in [0.29, 0.717) is 11.8 Å². The number of ether oxygens (including phenoxy) is 1. The quantitative estimate of drug-likeness (QED) is 0.552. The van der Waals surface area contributed by atoms with Crippen LogP contribution in [0.4, 0.5) is 0 Å². The van der Waals surface area contributed by atoms with E-state index in [0.717, 1.165) is 49.8 Å². The number of aliphatic hydroxyl groups excluding tert-OH is 1. The molecule has 0 spiro atoms. The lowest BCUT2D eigenvalue weighted by Crippen LogP contribution is -2.23. The maximum absolute atomic E-state index is 11.2. The molecule has 1 heterocycles. The van der Waals surface area contributed by atoms with E-state index in [1.165, 1.54) is 12.8 Å². The van der Waals surface area contributed by atoms with Crippen LogP contribution >= 0.6 is 0 Å². The first kappa shape index (κ1) is 19.0. The Kier molecular flexibility index (Phi) is 6.36. The Morgan fingerprint density at radius 3 is 2.92 bits per heavy atom. The number of carbonyl (C=O) groups is 1. The van der Waals surface area contributed by atoms with Crippen molar-refractivity contribution in [2.45, 2.75) is 70.5 Å². The molecule has 142 valence electrons. The number of allylic oxidation sites excluding steroid dienone is 1. The van der Waals surface area contributed by atoms with Crippen molar-refractivity contribution >= 4 is 5.97 Å². The number of aryl methyl sites for hydroxylation is 1. The number of unbranched alkanes of at least 4 members (excludes halogenated alkanes) is 2. The Labute approximate surface area is 155 Å². The van der Waals surface area contributed by atoms with Crippen LogP contribution in [-0.2, 0) is 6.42 Å². The normalized spacial score (nSPS) is 26.0. The largest absolute Gasteiger partial charge is 0.490 e. The number of carboxylic acids is 1. The minimum atomic E-state index is -0.915. The van der Waals surface area contributed by atoms with Gasteiger partial charge in [-0.15, -0.1) is 0 Å². The lowest BCUT2D eigenvalue weighted by molar-refractivity contribution is 0.0695. The van der Waals surface area contributed by atoms with Crippen molar-refractivity contribution in [1.29, 1.82) is 0 Å². The number of rotatable bonds is 7. The van der Waals surface area contributed by atoms with Gasteiger partial charge in [0.1, 0.15) is 11.9 Å². The highest BCUT2D eigenvalue weighted by Gasteiger charge is 2.38. The molecule has 0 saturated heterocycles. The molecular formula is C22H30O4. The maximum atomic E-state index is 11.2. The van der Waals surface area contributed by atoms with Crippen molar-refractivity contribution in [2.75, 3.05) is 0 Å². The Balaban J connectivity index is 1.63. The molecule has 2 aliphatic rings. The number of hydrogen-bond donors (Lipinski definition) is 2. The predicted octanol–water partition coefficient (Wildman–Crippen LogP) is 4.60. The van der Waals surface area contributed by atoms with E-state index >= 15 is 0 Å². The highest BCUT2D eigenvalue weighted by atomic mass is 16.5. The molecule has 3 rings (SSSR count). The molecule has 0 bridgehead atoms. The third-order valence-electron chi connectivity index (χ3n) is 5.84. The van der Waals surface area contributed by atoms with Crippen LogP contribution < -0.4 is 4.74 Å². The molecule has 4 nitrogen and oxygen atoms in total. The highest BCUT2D eigenvalue weighted by molar-refractivity contribution is 5.88. The number of aliphatic hydroxyl groups is 1. The van der Waals surface area contributed by atoms with E-state index in [4.69, 9.17) is 4.74 Å². The summed E-state index contributed by atoms with van der Waals surface area (Å²) in [6.07, 6.45) is 12.2. The van der Waals surface area contributed by atoms with Gasteiger partial charge >= 0.3 is 5.97 Å². The third-order valence-corrected chi connectivity index (χ3v) is 5.84. The fraction of sp³-hybridized carbons (Fsp3) is 0.591. The Bertz CT molecular complexity index is 652. The molecule has 4 atom stereocenters. The van der Waals surface area contributed by atoms with Gasteiger partial charge in [0.15, 0.2) is 0 Å². The fourth-order valence-electron chi connectivity index (χ4n) is 4.31. The van der Waals surface area contributed by atoms with E-state index < -0.39 is 5.97 Å². The molecule has 0 radical (unpaired) electrons. The van der Waals surface area contributed by atoms with Crippen molar-refractivity contribution in [3.05, 3.63) is 41.5 Å². The average molecular weight is 358 g/mol. The van der Waals surface area contributed by atoms with Gasteiger partial charge in [-0.2, -0.15) is 0 Å². The zero-order valence-corrected chi connectivity index (χ0v) is 15.6. The molecule has 1 aromatic rings. The van der Waals surface area contributed by atoms with E-state index in [1.807, 2.05) is 12.1 Å². The van der Waals surface area contributed by atoms with Crippen LogP contribution in [0.5, 0.6) is 5.75 Å². The summed E-state index contributed by atoms with van der Waals surface area (Å²) < 4.78 is 6.23. The Morgan fingerprint density at radius 1 is 1.31 bits per heavy atom. The zero-order chi connectivity index (χ0) is 18.5. The topological polar surface area (TPSA) is 66.8 Å². The zero-order valence-electron chi connectivity index (χ0n) is 15.6. The summed E-state index contributed by atoms with van der Waals surface area (Å²) in [7, 11) is 0. The lowest BCUT2D eigenvalue weighted by Gasteiger charge is -2.21. The van der Waals surface area contributed by atoms with Crippen molar-refractivity contribution in [3.63, 3.8) is 0 Å². The summed E-state index contributed by atoms with van der Waals surface area (Å²) in [5.41, 5.74) is 1.39. The number of carboxylic acid groups (broad SMARTS) is 1. The summed E-state index contributed by atoms with van der Waals surface area (Å²) in [6.45, 7) is 2.17. The summed E-state index contributed by atoms with van der Waals surface area (Å²) in [5, 5.41) is 19.3. The first-order valence-corrected chi connectivity index (χ1v) is 9.97. The number of aromatic carboxylic acids is 1. The van der Waals surface area contributed by atoms with Gasteiger partial charge in [0.2, 0.25) is 0 Å². The van der Waals surface area contributed by atoms with Gasteiger partial charge in [0, 0.05) is 5.92 Å². The van der Waals surface area contributed by atoms with Crippen LogP contribution in [0.3, 0.4) is 0 Å². The molecule has 0 amide bonds. The van der Waals surface area contributed by atoms with Crippen molar-refractivity contribution in [1.82, 2.24) is 0 Å². The van der Waals surface area contributed by atoms with E-state index in [9.17, 15) is 15.0 Å². The van der Waals surface area contributed by atoms with Gasteiger partial charge < -0.3 is 14.9 Å². The highest BCUT2D eigenvalue weighted by Crippen LogP contribution is 2.42. The Hall–Kier alpha value is -1.81. The molecule has 1 aliphatic heterocycles. The second kappa shape index (κ2) is 8.72. The SMILES string of the molecule is CCCCC[C@H](O)/C=C/[C@H]1CC[C@@H]2Oc3cc(C(=O)O)ccc3CC[C@@H]21. The maximum Gasteiger partial charge on any atom is 0.335 e. The molecule has 26 heavy (non-hydrogen) atoms. The summed E-state index contributed by atoms with van der Waals surface area (Å²) in [4.78, 5) is 11.2. The first-order chi connectivity index (χ1) is 12.6. The summed E-state index contributed by atoms with van der Waals surface area (Å²) >= 11 is 0. The molecule has 1 fully saturated rings. The smallest absolute Gasteiger partial charge is 0.335 e. The molecule has 0 unspecified atom stereocenters. The van der Waals surface area contributed by atoms with E-state index in [1.54, 1.807) is 12.1 Å². The number of fused-ring (bicyclic) bond motifs is 2. The number of benzene rings is 1. The van der Waals surface area contributed by atoms with Gasteiger partial charge in [-0.3, -0.25) is 0 Å². The molecule has 2 N–H and O–H groups in total. The third kappa shape index (κ3) is 4.47. The van der Waals surface area contributed by atoms with Crippen LogP contribution in [-0.4, -0.2) is 28.4 Å². The van der Waals surface area contributed by atoms with E-state index in [2.05, 4.69) is 13.0 Å². The van der Waals surface area contributed by atoms with Gasteiger partial charge in [0.25, 0.3) is 0 Å². The number of hydrogen-bond acceptors (Lipinski definition) is 3. The molecular weight excluding hydrogens is 328 g/mol. The minimum absolute atomic E-state index is 0.146. The monoisotopic (exact) mass is 358 g/mol. The summed E-state index contributed by atoms with van der Waals surface area (Å²) in [5.74, 6) is 0.701. The van der Waals surface area contributed by atoms with Crippen LogP contribution in [0.15, 0.2) is 30.4 Å². The van der Waals surface area contributed by atoms with Crippen LogP contribution in [0.2, 0.25) is 0 Å². The van der Waals surface area contributed by atoms with Crippen LogP contribution in [0, 0.1) is 11.8 Å². The van der Waals surface area contributed by atoms with Crippen molar-refractivity contribution in [2.24, 2.45) is 11.8 Å². The molecule has 0 aromatic heterocycles. The van der Waals surface area contributed by atoms with Gasteiger partial charge in [-0.1, -0.05) is 44.4 Å².